The molecule has 4 rings (SSSR count). The van der Waals surface area contributed by atoms with Crippen molar-refractivity contribution < 1.29 is 14.3 Å². The van der Waals surface area contributed by atoms with Gasteiger partial charge in [-0.05, 0) is 34.9 Å². The van der Waals surface area contributed by atoms with Crippen LogP contribution >= 0.6 is 0 Å². The maximum atomic E-state index is 12.5. The van der Waals surface area contributed by atoms with Gasteiger partial charge in [-0.3, -0.25) is 4.79 Å². The average Bonchev–Trinajstić information content (AvgIpc) is 3.03. The van der Waals surface area contributed by atoms with Crippen LogP contribution in [0.25, 0.3) is 22.8 Å². The molecule has 0 aliphatic carbocycles. The van der Waals surface area contributed by atoms with Gasteiger partial charge in [0.25, 0.3) is 5.91 Å². The molecule has 0 aromatic heterocycles. The number of hydrogen-bond acceptors (Lipinski definition) is 3. The highest BCUT2D eigenvalue weighted by Gasteiger charge is 2.25. The van der Waals surface area contributed by atoms with E-state index in [1.54, 1.807) is 18.2 Å². The van der Waals surface area contributed by atoms with Gasteiger partial charge < -0.3 is 10.1 Å². The Morgan fingerprint density at radius 1 is 0.926 bits per heavy atom. The lowest BCUT2D eigenvalue weighted by atomic mass is 9.96. The van der Waals surface area contributed by atoms with Crippen LogP contribution in [0, 0.1) is 0 Å². The molecule has 0 bridgehead atoms. The molecule has 1 aliphatic heterocycles. The number of ether oxygens (including phenoxy) is 1. The zero-order valence-electron chi connectivity index (χ0n) is 14.7. The molecule has 1 N–H and O–H groups in total. The van der Waals surface area contributed by atoms with Crippen molar-refractivity contribution in [1.82, 2.24) is 0 Å². The predicted octanol–water partition coefficient (Wildman–Crippen LogP) is 4.63. The summed E-state index contributed by atoms with van der Waals surface area (Å²) in [5.74, 6) is -0.617. The first-order valence-corrected chi connectivity index (χ1v) is 8.57. The summed E-state index contributed by atoms with van der Waals surface area (Å²) in [5.41, 5.74) is 5.47. The van der Waals surface area contributed by atoms with Crippen LogP contribution in [0.15, 0.2) is 72.8 Å². The van der Waals surface area contributed by atoms with Gasteiger partial charge in [0.15, 0.2) is 0 Å². The van der Waals surface area contributed by atoms with E-state index in [0.717, 1.165) is 22.3 Å². The number of amides is 1. The highest BCUT2D eigenvalue weighted by atomic mass is 16.5. The average molecular weight is 355 g/mol. The van der Waals surface area contributed by atoms with Crippen LogP contribution in [-0.2, 0) is 9.53 Å². The van der Waals surface area contributed by atoms with Crippen LogP contribution in [0.5, 0.6) is 0 Å². The quantitative estimate of drug-likeness (QED) is 0.550. The Hall–Kier alpha value is -3.66. The van der Waals surface area contributed by atoms with Crippen molar-refractivity contribution in [2.24, 2.45) is 0 Å². The summed E-state index contributed by atoms with van der Waals surface area (Å²) >= 11 is 0. The van der Waals surface area contributed by atoms with E-state index in [2.05, 4.69) is 5.32 Å². The molecule has 0 radical (unpaired) electrons. The normalized spacial score (nSPS) is 14.0. The number of carbonyl (C=O) groups is 2. The molecule has 1 amide bonds. The maximum Gasteiger partial charge on any atom is 0.337 e. The van der Waals surface area contributed by atoms with E-state index in [-0.39, 0.29) is 5.91 Å². The van der Waals surface area contributed by atoms with Crippen LogP contribution in [0.3, 0.4) is 0 Å². The van der Waals surface area contributed by atoms with Gasteiger partial charge in [0.05, 0.1) is 12.7 Å². The molecule has 1 heterocycles. The molecule has 27 heavy (non-hydrogen) atoms. The first kappa shape index (κ1) is 16.8. The number of carbonyl (C=O) groups excluding carboxylic acids is 2. The number of fused-ring (bicyclic) bond motifs is 1. The maximum absolute atomic E-state index is 12.5. The zero-order valence-corrected chi connectivity index (χ0v) is 14.7. The van der Waals surface area contributed by atoms with Crippen molar-refractivity contribution in [3.05, 3.63) is 89.5 Å². The Kier molecular flexibility index (Phi) is 4.30. The number of anilines is 1. The number of benzene rings is 3. The molecule has 0 unspecified atom stereocenters. The Morgan fingerprint density at radius 3 is 2.44 bits per heavy atom. The Bertz CT molecular complexity index is 1070. The lowest BCUT2D eigenvalue weighted by Gasteiger charge is -2.07. The number of hydrogen-bond donors (Lipinski definition) is 1. The van der Waals surface area contributed by atoms with Crippen molar-refractivity contribution in [2.45, 2.75) is 0 Å². The SMILES string of the molecule is COC(=O)c1ccc2c(c1)NC(=O)C2=Cc1ccccc1-c1ccccc1. The minimum absolute atomic E-state index is 0.185. The number of methoxy groups -OCH3 is 1. The molecule has 4 heteroatoms. The third-order valence-corrected chi connectivity index (χ3v) is 4.57. The molecule has 3 aromatic carbocycles. The highest BCUT2D eigenvalue weighted by Crippen LogP contribution is 2.35. The fourth-order valence-electron chi connectivity index (χ4n) is 3.24. The van der Waals surface area contributed by atoms with E-state index in [0.29, 0.717) is 16.8 Å². The van der Waals surface area contributed by atoms with Gasteiger partial charge in [-0.25, -0.2) is 4.79 Å². The summed E-state index contributed by atoms with van der Waals surface area (Å²) in [5, 5.41) is 2.83. The molecule has 0 fully saturated rings. The van der Waals surface area contributed by atoms with E-state index in [4.69, 9.17) is 4.74 Å². The Labute approximate surface area is 157 Å². The first-order chi connectivity index (χ1) is 13.2. The van der Waals surface area contributed by atoms with Crippen molar-refractivity contribution in [3.63, 3.8) is 0 Å². The van der Waals surface area contributed by atoms with Gasteiger partial charge in [0, 0.05) is 16.8 Å². The van der Waals surface area contributed by atoms with Gasteiger partial charge in [-0.1, -0.05) is 60.7 Å². The summed E-state index contributed by atoms with van der Waals surface area (Å²) in [7, 11) is 1.33. The van der Waals surface area contributed by atoms with Crippen LogP contribution < -0.4 is 5.32 Å². The van der Waals surface area contributed by atoms with Crippen LogP contribution in [0.4, 0.5) is 5.69 Å². The summed E-state index contributed by atoms with van der Waals surface area (Å²) in [4.78, 5) is 24.3. The molecular formula is C23H17NO3. The first-order valence-electron chi connectivity index (χ1n) is 8.57. The minimum atomic E-state index is -0.432. The van der Waals surface area contributed by atoms with E-state index in [9.17, 15) is 9.59 Å². The van der Waals surface area contributed by atoms with Gasteiger partial charge in [-0.15, -0.1) is 0 Å². The van der Waals surface area contributed by atoms with Crippen molar-refractivity contribution >= 4 is 29.2 Å². The summed E-state index contributed by atoms with van der Waals surface area (Å²) in [6.45, 7) is 0. The lowest BCUT2D eigenvalue weighted by Crippen LogP contribution is -2.04. The third kappa shape index (κ3) is 3.13. The fourth-order valence-corrected chi connectivity index (χ4v) is 3.24. The topological polar surface area (TPSA) is 55.4 Å². The molecule has 0 atom stereocenters. The van der Waals surface area contributed by atoms with E-state index < -0.39 is 5.97 Å². The number of esters is 1. The standard InChI is InChI=1S/C23H17NO3/c1-27-23(26)17-11-12-19-20(22(25)24-21(19)14-17)13-16-9-5-6-10-18(16)15-7-3-2-4-8-15/h2-14H,1H3,(H,24,25). The summed E-state index contributed by atoms with van der Waals surface area (Å²) in [6, 6.07) is 23.1. The molecular weight excluding hydrogens is 338 g/mol. The largest absolute Gasteiger partial charge is 0.465 e. The fraction of sp³-hybridized carbons (Fsp3) is 0.0435. The van der Waals surface area contributed by atoms with Crippen molar-refractivity contribution in [3.8, 4) is 11.1 Å². The van der Waals surface area contributed by atoms with Gasteiger partial charge in [-0.2, -0.15) is 0 Å². The van der Waals surface area contributed by atoms with Crippen LogP contribution in [0.1, 0.15) is 21.5 Å². The van der Waals surface area contributed by atoms with E-state index in [1.165, 1.54) is 7.11 Å². The molecule has 3 aromatic rings. The molecule has 0 saturated carbocycles. The highest BCUT2D eigenvalue weighted by molar-refractivity contribution is 6.35. The van der Waals surface area contributed by atoms with E-state index >= 15 is 0 Å². The van der Waals surface area contributed by atoms with Crippen molar-refractivity contribution in [2.75, 3.05) is 12.4 Å². The summed E-state index contributed by atoms with van der Waals surface area (Å²) in [6.07, 6.45) is 1.89. The van der Waals surface area contributed by atoms with E-state index in [1.807, 2.05) is 60.7 Å². The molecule has 132 valence electrons. The smallest absolute Gasteiger partial charge is 0.337 e. The Balaban J connectivity index is 1.79. The van der Waals surface area contributed by atoms with Gasteiger partial charge in [0.2, 0.25) is 0 Å². The number of nitrogens with one attached hydrogen (secondary N) is 1. The predicted molar refractivity (Wildman–Crippen MR) is 106 cm³/mol. The number of rotatable bonds is 3. The zero-order chi connectivity index (χ0) is 18.8. The lowest BCUT2D eigenvalue weighted by molar-refractivity contribution is -0.110. The van der Waals surface area contributed by atoms with Crippen LogP contribution in [0.2, 0.25) is 0 Å². The summed E-state index contributed by atoms with van der Waals surface area (Å²) < 4.78 is 4.74. The molecule has 4 nitrogen and oxygen atoms in total. The minimum Gasteiger partial charge on any atom is -0.465 e. The second kappa shape index (κ2) is 6.92. The van der Waals surface area contributed by atoms with Crippen molar-refractivity contribution in [1.29, 1.82) is 0 Å². The second-order valence-electron chi connectivity index (χ2n) is 6.22. The monoisotopic (exact) mass is 355 g/mol. The van der Waals surface area contributed by atoms with Crippen LogP contribution in [-0.4, -0.2) is 19.0 Å². The molecule has 0 saturated heterocycles. The molecule has 0 spiro atoms. The van der Waals surface area contributed by atoms with Gasteiger partial charge >= 0.3 is 5.97 Å². The second-order valence-corrected chi connectivity index (χ2v) is 6.22. The Morgan fingerprint density at radius 2 is 1.67 bits per heavy atom. The van der Waals surface area contributed by atoms with Gasteiger partial charge in [0.1, 0.15) is 0 Å². The third-order valence-electron chi connectivity index (χ3n) is 4.57. The molecule has 1 aliphatic rings.